The molecule has 0 saturated heterocycles. The van der Waals surface area contributed by atoms with Crippen molar-refractivity contribution >= 4 is 0 Å². The normalized spacial score (nSPS) is 14.0. The maximum atomic E-state index is 8.64. The molecule has 50 heavy (non-hydrogen) atoms. The van der Waals surface area contributed by atoms with Crippen LogP contribution in [0.4, 0.5) is 0 Å². The van der Waals surface area contributed by atoms with Crippen LogP contribution in [0.2, 0.25) is 0 Å². The van der Waals surface area contributed by atoms with Gasteiger partial charge in [-0.05, 0) is 52.0 Å². The number of halogens is 2. The van der Waals surface area contributed by atoms with Crippen LogP contribution in [0.1, 0.15) is 40.5 Å². The van der Waals surface area contributed by atoms with E-state index in [4.69, 9.17) is 40.9 Å². The molecule has 276 valence electrons. The van der Waals surface area contributed by atoms with Crippen LogP contribution in [-0.2, 0) is 9.47 Å². The lowest BCUT2D eigenvalue weighted by molar-refractivity contribution is -0.890. The molecule has 0 amide bonds. The van der Waals surface area contributed by atoms with Gasteiger partial charge in [-0.2, -0.15) is 19.4 Å². The van der Waals surface area contributed by atoms with Crippen molar-refractivity contribution in [2.24, 2.45) is 0 Å². The van der Waals surface area contributed by atoms with Crippen LogP contribution in [0, 0.1) is 26.3 Å². The molecule has 0 radical (unpaired) electrons. The molecular weight excluding hydrogens is 767 g/mol. The summed E-state index contributed by atoms with van der Waals surface area (Å²) in [4.78, 5) is 17.7. The number of aliphatic hydroxyl groups is 1. The fraction of sp³-hybridized carbons (Fsp3) is 0.568. The largest absolute Gasteiger partial charge is 1.00 e. The van der Waals surface area contributed by atoms with E-state index in [9.17, 15) is 0 Å². The first-order valence-corrected chi connectivity index (χ1v) is 16.3. The Kier molecular flexibility index (Phi) is 24.4. The molecule has 0 aromatic heterocycles. The summed E-state index contributed by atoms with van der Waals surface area (Å²) in [5, 5.41) is 8.64. The van der Waals surface area contributed by atoms with Gasteiger partial charge in [-0.25, -0.2) is 0 Å². The van der Waals surface area contributed by atoms with Gasteiger partial charge >= 0.3 is 11.6 Å². The number of rotatable bonds is 16. The topological polar surface area (TPSA) is 62.6 Å². The van der Waals surface area contributed by atoms with Crippen molar-refractivity contribution in [3.8, 4) is 0 Å². The Morgan fingerprint density at radius 3 is 1.32 bits per heavy atom. The minimum absolute atomic E-state index is 0. The third kappa shape index (κ3) is 18.2. The molecule has 2 rings (SSSR count). The summed E-state index contributed by atoms with van der Waals surface area (Å²) in [6.45, 7) is 43.5. The summed E-state index contributed by atoms with van der Waals surface area (Å²) in [5.74, 6) is 0.271. The summed E-state index contributed by atoms with van der Waals surface area (Å²) >= 11 is 0. The lowest BCUT2D eigenvalue weighted by Gasteiger charge is -2.33. The van der Waals surface area contributed by atoms with Crippen LogP contribution in [0.25, 0.3) is 19.4 Å². The molecule has 2 heterocycles. The van der Waals surface area contributed by atoms with E-state index < -0.39 is 0 Å². The fourth-order valence-electron chi connectivity index (χ4n) is 5.29. The van der Waals surface area contributed by atoms with Gasteiger partial charge < -0.3 is 69.7 Å². The smallest absolute Gasteiger partial charge is 0.526 e. The van der Waals surface area contributed by atoms with Crippen LogP contribution < -0.4 is 36.4 Å². The Labute approximate surface area is 325 Å². The first kappa shape index (κ1) is 48.9. The molecule has 0 fully saturated rings. The van der Waals surface area contributed by atoms with E-state index in [1.807, 2.05) is 52.0 Å². The molecule has 11 nitrogen and oxygen atoms in total. The number of aliphatic hydroxyl groups excluding tert-OH is 1. The number of hydrogen-bond donors (Lipinski definition) is 1. The van der Waals surface area contributed by atoms with Gasteiger partial charge in [-0.1, -0.05) is 0 Å². The van der Waals surface area contributed by atoms with Crippen LogP contribution >= 0.6 is 0 Å². The molecule has 0 spiro atoms. The molecule has 13 heteroatoms. The number of quaternary nitrogens is 2. The van der Waals surface area contributed by atoms with Crippen molar-refractivity contribution in [1.82, 2.24) is 9.80 Å². The molecule has 0 aromatic rings. The quantitative estimate of drug-likeness (QED) is 0.102. The van der Waals surface area contributed by atoms with E-state index in [1.54, 1.807) is 0 Å². The molecule has 0 unspecified atom stereocenters. The van der Waals surface area contributed by atoms with Gasteiger partial charge in [0.1, 0.15) is 32.8 Å². The Morgan fingerprint density at radius 2 is 0.980 bits per heavy atom. The molecule has 0 aromatic carbocycles. The molecule has 0 saturated carbocycles. The van der Waals surface area contributed by atoms with E-state index in [0.717, 1.165) is 82.9 Å². The van der Waals surface area contributed by atoms with Crippen molar-refractivity contribution < 1.29 is 59.9 Å². The van der Waals surface area contributed by atoms with Gasteiger partial charge in [0, 0.05) is 48.7 Å². The molecule has 2 aliphatic heterocycles. The van der Waals surface area contributed by atoms with Gasteiger partial charge in [0.25, 0.3) is 0 Å². The fourth-order valence-corrected chi connectivity index (χ4v) is 5.29. The average Bonchev–Trinajstić information content (AvgIpc) is 3.00. The second kappa shape index (κ2) is 24.9. The van der Waals surface area contributed by atoms with Crippen molar-refractivity contribution in [3.63, 3.8) is 0 Å². The highest BCUT2D eigenvalue weighted by Gasteiger charge is 2.22. The molecule has 1 N–H and O–H groups in total. The lowest BCUT2D eigenvalue weighted by atomic mass is 10.1. The molecule has 2 aliphatic rings. The summed E-state index contributed by atoms with van der Waals surface area (Å²) in [5.41, 5.74) is 5.77. The van der Waals surface area contributed by atoms with Gasteiger partial charge in [0.15, 0.2) is 0 Å². The monoisotopic (exact) mass is 822 g/mol. The molecule has 0 aliphatic carbocycles. The number of hydrogen-bond acceptors (Lipinski definition) is 5. The Balaban J connectivity index is 0. The number of allylic oxidation sites excluding steroid dienone is 10. The number of ether oxygens (including phenoxy) is 2. The van der Waals surface area contributed by atoms with E-state index in [1.165, 1.54) is 0 Å². The van der Waals surface area contributed by atoms with Gasteiger partial charge in [-0.15, -0.1) is 0 Å². The predicted octanol–water partition coefficient (Wildman–Crippen LogP) is -0.0841. The van der Waals surface area contributed by atoms with Crippen LogP contribution in [0.15, 0.2) is 69.9 Å². The Bertz CT molecular complexity index is 1390. The van der Waals surface area contributed by atoms with Crippen molar-refractivity contribution in [2.75, 3.05) is 101 Å². The third-order valence-electron chi connectivity index (χ3n) is 7.90. The summed E-state index contributed by atoms with van der Waals surface area (Å²) in [6.07, 6.45) is 9.85. The number of nitrogens with zero attached hydrogens (tertiary/aromatic N) is 8. The highest BCUT2D eigenvalue weighted by atomic mass is 127. The highest BCUT2D eigenvalue weighted by molar-refractivity contribution is 5.47. The maximum Gasteiger partial charge on any atom is 0.526 e. The summed E-state index contributed by atoms with van der Waals surface area (Å²) < 4.78 is 12.6. The van der Waals surface area contributed by atoms with Gasteiger partial charge in [0.05, 0.1) is 92.5 Å². The highest BCUT2D eigenvalue weighted by Crippen LogP contribution is 2.27. The van der Waals surface area contributed by atoms with E-state index in [0.29, 0.717) is 32.0 Å². The SMILES string of the molecule is [C-]#[N+]C([N+]#[C-])=C1C=C(C)N(CCC[N+](C)(C)C)C(C)=C1.[C-]#[N+]C([N+]#[C-])=C1C=C(C)N(CCC[N+](C)(C)CCOCCOCCO)C(C)=C1.[Cl-].[I-]. The second-order valence-corrected chi connectivity index (χ2v) is 13.5. The van der Waals surface area contributed by atoms with Gasteiger partial charge in [0.2, 0.25) is 0 Å². The van der Waals surface area contributed by atoms with Crippen molar-refractivity contribution in [1.29, 1.82) is 0 Å². The zero-order valence-corrected chi connectivity index (χ0v) is 34.3. The van der Waals surface area contributed by atoms with E-state index in [2.05, 4.69) is 64.4 Å². The summed E-state index contributed by atoms with van der Waals surface area (Å²) in [6, 6.07) is 0. The minimum Gasteiger partial charge on any atom is -1.00 e. The first-order valence-electron chi connectivity index (χ1n) is 16.3. The lowest BCUT2D eigenvalue weighted by Crippen LogP contribution is -3.00. The zero-order chi connectivity index (χ0) is 36.3. The first-order chi connectivity index (χ1) is 22.6. The number of likely N-dealkylation sites (N-methyl/N-ethyl adjacent to an activating group) is 1. The minimum atomic E-state index is 0. The van der Waals surface area contributed by atoms with E-state index in [-0.39, 0.29) is 54.6 Å². The Morgan fingerprint density at radius 1 is 0.620 bits per heavy atom. The van der Waals surface area contributed by atoms with Crippen molar-refractivity contribution in [3.05, 3.63) is 116 Å². The Hall–Kier alpha value is -3.18. The van der Waals surface area contributed by atoms with Gasteiger partial charge in [-0.3, -0.25) is 0 Å². The predicted molar refractivity (Wildman–Crippen MR) is 192 cm³/mol. The molecule has 0 bridgehead atoms. The zero-order valence-electron chi connectivity index (χ0n) is 31.4. The standard InChI is InChI=1S/C21H33N4O3.C16H23N4.ClH.HI/c1-18-16-20(21(22-3)23-4)17-19(2)24(18)8-7-9-25(5,6)10-12-27-14-15-28-13-11-26;1-13-11-15(16(17-3)18-4)12-14(2)19(13)9-8-10-20(5,6)7;;/h16-17,26H,7-15H2,1-2,5-6H3;11-12H,8-10H2,1-2,5-7H3;2*1H/q2*+1;;/p-2. The van der Waals surface area contributed by atoms with Crippen molar-refractivity contribution in [2.45, 2.75) is 40.5 Å². The second-order valence-electron chi connectivity index (χ2n) is 13.5. The molecule has 0 atom stereocenters. The summed E-state index contributed by atoms with van der Waals surface area (Å²) in [7, 11) is 11.0. The van der Waals surface area contributed by atoms with Crippen LogP contribution in [0.3, 0.4) is 0 Å². The van der Waals surface area contributed by atoms with Crippen LogP contribution in [0.5, 0.6) is 0 Å². The molecular formula is C37H56ClIN8O3. The third-order valence-corrected chi connectivity index (χ3v) is 7.90. The van der Waals surface area contributed by atoms with Crippen LogP contribution in [-0.4, -0.2) is 125 Å². The average molecular weight is 823 g/mol. The maximum absolute atomic E-state index is 8.64. The van der Waals surface area contributed by atoms with E-state index >= 15 is 0 Å².